The zero-order chi connectivity index (χ0) is 13.3. The molecular weight excluding hydrogens is 261 g/mol. The predicted octanol–water partition coefficient (Wildman–Crippen LogP) is 4.74. The molecular formula is C14H10ClF3. The summed E-state index contributed by atoms with van der Waals surface area (Å²) >= 11 is 6.08. The molecule has 0 saturated carbocycles. The Kier molecular flexibility index (Phi) is 3.62. The molecule has 0 bridgehead atoms. The summed E-state index contributed by atoms with van der Waals surface area (Å²) in [6, 6.07) is 7.24. The normalized spacial score (nSPS) is 12.5. The van der Waals surface area contributed by atoms with E-state index in [1.807, 2.05) is 0 Å². The molecule has 0 saturated heterocycles. The van der Waals surface area contributed by atoms with Gasteiger partial charge in [0.05, 0.1) is 5.38 Å². The van der Waals surface area contributed by atoms with Crippen molar-refractivity contribution in [2.45, 2.75) is 12.3 Å². The van der Waals surface area contributed by atoms with E-state index in [0.717, 1.165) is 18.2 Å². The summed E-state index contributed by atoms with van der Waals surface area (Å²) in [5.74, 6) is -1.64. The van der Waals surface area contributed by atoms with Gasteiger partial charge in [0, 0.05) is 5.56 Å². The summed E-state index contributed by atoms with van der Waals surface area (Å²) in [5, 5.41) is -0.921. The van der Waals surface area contributed by atoms with Gasteiger partial charge in [-0.1, -0.05) is 6.07 Å². The molecule has 94 valence electrons. The van der Waals surface area contributed by atoms with Gasteiger partial charge < -0.3 is 0 Å². The lowest BCUT2D eigenvalue weighted by atomic mass is 10.0. The Morgan fingerprint density at radius 1 is 0.944 bits per heavy atom. The van der Waals surface area contributed by atoms with Gasteiger partial charge in [0.15, 0.2) is 0 Å². The molecule has 0 spiro atoms. The first-order valence-electron chi connectivity index (χ1n) is 5.33. The van der Waals surface area contributed by atoms with E-state index in [2.05, 4.69) is 0 Å². The van der Waals surface area contributed by atoms with Crippen LogP contribution < -0.4 is 0 Å². The summed E-state index contributed by atoms with van der Waals surface area (Å²) < 4.78 is 39.9. The molecule has 2 rings (SSSR count). The second-order valence-corrected chi connectivity index (χ2v) is 4.53. The summed E-state index contributed by atoms with van der Waals surface area (Å²) in [6.07, 6.45) is 0. The van der Waals surface area contributed by atoms with Gasteiger partial charge in [-0.05, 0) is 48.4 Å². The van der Waals surface area contributed by atoms with Gasteiger partial charge in [0.25, 0.3) is 0 Å². The van der Waals surface area contributed by atoms with Crippen LogP contribution in [0.1, 0.15) is 22.1 Å². The molecule has 0 aliphatic heterocycles. The van der Waals surface area contributed by atoms with Crippen LogP contribution in [0, 0.1) is 24.4 Å². The van der Waals surface area contributed by atoms with E-state index >= 15 is 0 Å². The van der Waals surface area contributed by atoms with Crippen LogP contribution in [0.25, 0.3) is 0 Å². The zero-order valence-electron chi connectivity index (χ0n) is 9.55. The number of alkyl halides is 1. The van der Waals surface area contributed by atoms with Gasteiger partial charge in [-0.25, -0.2) is 13.2 Å². The van der Waals surface area contributed by atoms with Crippen LogP contribution in [0.4, 0.5) is 13.2 Å². The molecule has 0 aliphatic rings. The first kappa shape index (κ1) is 13.0. The van der Waals surface area contributed by atoms with Crippen LogP contribution in [-0.2, 0) is 0 Å². The largest absolute Gasteiger partial charge is 0.207 e. The average Bonchev–Trinajstić information content (AvgIpc) is 2.30. The predicted molar refractivity (Wildman–Crippen MR) is 65.2 cm³/mol. The lowest BCUT2D eigenvalue weighted by Gasteiger charge is -2.12. The van der Waals surface area contributed by atoms with E-state index in [4.69, 9.17) is 11.6 Å². The molecule has 0 N–H and O–H groups in total. The standard InChI is InChI=1S/C14H10ClF3/c1-8-4-9(6-11(17)5-8)14(15)12-7-10(16)2-3-13(12)18/h2-7,14H,1H3. The van der Waals surface area contributed by atoms with Crippen molar-refractivity contribution in [2.75, 3.05) is 0 Å². The summed E-state index contributed by atoms with van der Waals surface area (Å²) in [6.45, 7) is 1.71. The second-order valence-electron chi connectivity index (χ2n) is 4.09. The minimum absolute atomic E-state index is 0.00154. The fraction of sp³-hybridized carbons (Fsp3) is 0.143. The number of hydrogen-bond acceptors (Lipinski definition) is 0. The van der Waals surface area contributed by atoms with Crippen LogP contribution in [0.5, 0.6) is 0 Å². The zero-order valence-corrected chi connectivity index (χ0v) is 10.3. The Balaban J connectivity index is 2.47. The first-order chi connectivity index (χ1) is 8.47. The maximum Gasteiger partial charge on any atom is 0.128 e. The smallest absolute Gasteiger partial charge is 0.128 e. The highest BCUT2D eigenvalue weighted by atomic mass is 35.5. The molecule has 0 nitrogen and oxygen atoms in total. The molecule has 1 atom stereocenters. The number of halogens is 4. The third kappa shape index (κ3) is 2.67. The topological polar surface area (TPSA) is 0 Å². The fourth-order valence-corrected chi connectivity index (χ4v) is 2.09. The van der Waals surface area contributed by atoms with Crippen LogP contribution in [-0.4, -0.2) is 0 Å². The molecule has 0 radical (unpaired) electrons. The molecule has 0 amide bonds. The van der Waals surface area contributed by atoms with Crippen LogP contribution in [0.2, 0.25) is 0 Å². The van der Waals surface area contributed by atoms with Crippen molar-refractivity contribution in [3.05, 3.63) is 70.5 Å². The average molecular weight is 271 g/mol. The fourth-order valence-electron chi connectivity index (χ4n) is 1.80. The van der Waals surface area contributed by atoms with E-state index in [-0.39, 0.29) is 5.56 Å². The first-order valence-corrected chi connectivity index (χ1v) is 5.77. The van der Waals surface area contributed by atoms with Crippen molar-refractivity contribution in [1.29, 1.82) is 0 Å². The molecule has 4 heteroatoms. The Morgan fingerprint density at radius 3 is 2.33 bits per heavy atom. The number of aryl methyl sites for hydroxylation is 1. The SMILES string of the molecule is Cc1cc(F)cc(C(Cl)c2cc(F)ccc2F)c1. The van der Waals surface area contributed by atoms with Crippen molar-refractivity contribution >= 4 is 11.6 Å². The lowest BCUT2D eigenvalue weighted by molar-refractivity contribution is 0.586. The van der Waals surface area contributed by atoms with Crippen molar-refractivity contribution in [2.24, 2.45) is 0 Å². The quantitative estimate of drug-likeness (QED) is 0.692. The molecule has 1 unspecified atom stereocenters. The Labute approximate surface area is 108 Å². The highest BCUT2D eigenvalue weighted by molar-refractivity contribution is 6.22. The van der Waals surface area contributed by atoms with Crippen molar-refractivity contribution in [3.63, 3.8) is 0 Å². The molecule has 18 heavy (non-hydrogen) atoms. The van der Waals surface area contributed by atoms with Gasteiger partial charge >= 0.3 is 0 Å². The highest BCUT2D eigenvalue weighted by Gasteiger charge is 2.17. The third-order valence-electron chi connectivity index (χ3n) is 2.59. The van der Waals surface area contributed by atoms with E-state index in [1.54, 1.807) is 13.0 Å². The maximum atomic E-state index is 13.6. The second kappa shape index (κ2) is 5.02. The molecule has 2 aromatic rings. The molecule has 2 aromatic carbocycles. The van der Waals surface area contributed by atoms with E-state index in [9.17, 15) is 13.2 Å². The Morgan fingerprint density at radius 2 is 1.67 bits per heavy atom. The number of benzene rings is 2. The molecule has 0 aliphatic carbocycles. The highest BCUT2D eigenvalue weighted by Crippen LogP contribution is 2.31. The summed E-state index contributed by atoms with van der Waals surface area (Å²) in [4.78, 5) is 0. The van der Waals surface area contributed by atoms with Gasteiger partial charge in [-0.3, -0.25) is 0 Å². The number of rotatable bonds is 2. The van der Waals surface area contributed by atoms with Crippen LogP contribution in [0.3, 0.4) is 0 Å². The van der Waals surface area contributed by atoms with Crippen molar-refractivity contribution in [1.82, 2.24) is 0 Å². The van der Waals surface area contributed by atoms with Crippen molar-refractivity contribution < 1.29 is 13.2 Å². The monoisotopic (exact) mass is 270 g/mol. The maximum absolute atomic E-state index is 13.6. The van der Waals surface area contributed by atoms with Gasteiger partial charge in [0.2, 0.25) is 0 Å². The van der Waals surface area contributed by atoms with Gasteiger partial charge in [-0.15, -0.1) is 11.6 Å². The minimum atomic E-state index is -0.921. The van der Waals surface area contributed by atoms with Crippen molar-refractivity contribution in [3.8, 4) is 0 Å². The van der Waals surface area contributed by atoms with E-state index in [0.29, 0.717) is 11.1 Å². The summed E-state index contributed by atoms with van der Waals surface area (Å²) in [5.41, 5.74) is 1.08. The van der Waals surface area contributed by atoms with Crippen LogP contribution in [0.15, 0.2) is 36.4 Å². The molecule has 0 aromatic heterocycles. The third-order valence-corrected chi connectivity index (χ3v) is 3.08. The molecule has 0 heterocycles. The lowest BCUT2D eigenvalue weighted by Crippen LogP contribution is -1.99. The minimum Gasteiger partial charge on any atom is -0.207 e. The molecule has 0 fully saturated rings. The Bertz CT molecular complexity index is 561. The van der Waals surface area contributed by atoms with Gasteiger partial charge in [-0.2, -0.15) is 0 Å². The summed E-state index contributed by atoms with van der Waals surface area (Å²) in [7, 11) is 0. The number of hydrogen-bond donors (Lipinski definition) is 0. The van der Waals surface area contributed by atoms with E-state index < -0.39 is 22.8 Å². The Hall–Kier alpha value is -1.48. The van der Waals surface area contributed by atoms with E-state index in [1.165, 1.54) is 12.1 Å². The van der Waals surface area contributed by atoms with Gasteiger partial charge in [0.1, 0.15) is 17.5 Å². The van der Waals surface area contributed by atoms with Crippen LogP contribution >= 0.6 is 11.6 Å².